The first-order valence-electron chi connectivity index (χ1n) is 6.49. The van der Waals surface area contributed by atoms with Gasteiger partial charge < -0.3 is 5.11 Å². The minimum Gasteiger partial charge on any atom is -0.478 e. The van der Waals surface area contributed by atoms with E-state index in [2.05, 4.69) is 10.2 Å². The molecule has 0 fully saturated rings. The highest BCUT2D eigenvalue weighted by atomic mass is 16.4. The van der Waals surface area contributed by atoms with Gasteiger partial charge in [-0.25, -0.2) is 4.79 Å². The van der Waals surface area contributed by atoms with Crippen molar-refractivity contribution in [3.8, 4) is 6.07 Å². The zero-order valence-electron chi connectivity index (χ0n) is 11.6. The molecule has 0 spiro atoms. The van der Waals surface area contributed by atoms with Crippen molar-refractivity contribution in [2.24, 2.45) is 0 Å². The highest BCUT2D eigenvalue weighted by Gasteiger charge is 1.96. The largest absolute Gasteiger partial charge is 0.478 e. The molecule has 0 aliphatic rings. The molecule has 0 saturated heterocycles. The van der Waals surface area contributed by atoms with Crippen LogP contribution < -0.4 is 0 Å². The first kappa shape index (κ1) is 15.0. The number of nitrogens with one attached hydrogen (secondary N) is 1. The predicted octanol–water partition coefficient (Wildman–Crippen LogP) is 3.22. The van der Waals surface area contributed by atoms with Crippen LogP contribution in [0.5, 0.6) is 0 Å². The molecule has 0 saturated carbocycles. The molecular weight excluding hydrogens is 278 g/mol. The normalized spacial score (nSPS) is 9.95. The molecule has 1 aromatic heterocycles. The molecule has 0 amide bonds. The average Bonchev–Trinajstić information content (AvgIpc) is 3.02. The topological polar surface area (TPSA) is 89.8 Å². The number of fused-ring (bicyclic) bond motifs is 1. The molecule has 0 aliphatic heterocycles. The number of hydrogen-bond acceptors (Lipinski definition) is 3. The van der Waals surface area contributed by atoms with Gasteiger partial charge in [0, 0.05) is 11.5 Å². The number of rotatable bonds is 2. The summed E-state index contributed by atoms with van der Waals surface area (Å²) in [6, 6.07) is 16.8. The molecule has 2 aromatic carbocycles. The van der Waals surface area contributed by atoms with E-state index in [1.807, 2.05) is 36.5 Å². The van der Waals surface area contributed by atoms with E-state index < -0.39 is 5.97 Å². The Bertz CT molecular complexity index is 814. The number of para-hydroxylation sites is 1. The Morgan fingerprint density at radius 3 is 2.64 bits per heavy atom. The molecule has 5 nitrogen and oxygen atoms in total. The molecule has 1 heterocycles. The maximum absolute atomic E-state index is 10.2. The van der Waals surface area contributed by atoms with Crippen molar-refractivity contribution in [3.63, 3.8) is 0 Å². The van der Waals surface area contributed by atoms with Gasteiger partial charge in [0.2, 0.25) is 0 Å². The van der Waals surface area contributed by atoms with Gasteiger partial charge in [0.15, 0.2) is 0 Å². The van der Waals surface area contributed by atoms with Crippen molar-refractivity contribution in [2.75, 3.05) is 0 Å². The fourth-order valence-electron chi connectivity index (χ4n) is 1.79. The molecule has 108 valence electrons. The number of nitrogens with zero attached hydrogens (tertiary/aromatic N) is 2. The quantitative estimate of drug-likeness (QED) is 0.709. The van der Waals surface area contributed by atoms with Crippen molar-refractivity contribution in [3.05, 3.63) is 71.9 Å². The second-order valence-corrected chi connectivity index (χ2v) is 4.33. The summed E-state index contributed by atoms with van der Waals surface area (Å²) in [5.41, 5.74) is 2.19. The smallest absolute Gasteiger partial charge is 0.328 e. The van der Waals surface area contributed by atoms with Gasteiger partial charge in [-0.05, 0) is 23.8 Å². The van der Waals surface area contributed by atoms with Gasteiger partial charge in [0.25, 0.3) is 0 Å². The van der Waals surface area contributed by atoms with E-state index in [9.17, 15) is 4.79 Å². The third kappa shape index (κ3) is 4.05. The number of aliphatic carboxylic acids is 1. The van der Waals surface area contributed by atoms with Crippen molar-refractivity contribution in [1.29, 1.82) is 5.26 Å². The highest BCUT2D eigenvalue weighted by Crippen LogP contribution is 2.08. The molecule has 0 bridgehead atoms. The minimum absolute atomic E-state index is 0.472. The van der Waals surface area contributed by atoms with Gasteiger partial charge in [-0.2, -0.15) is 10.4 Å². The van der Waals surface area contributed by atoms with Gasteiger partial charge in [0.1, 0.15) is 0 Å². The SMILES string of the molecule is N#Cc1ccccc1/C=C/C(=O)O.c1ccc2[nH]ncc2c1. The van der Waals surface area contributed by atoms with Crippen LogP contribution in [0.4, 0.5) is 0 Å². The maximum Gasteiger partial charge on any atom is 0.328 e. The molecule has 0 radical (unpaired) electrons. The fraction of sp³-hybridized carbons (Fsp3) is 0. The molecule has 2 N–H and O–H groups in total. The lowest BCUT2D eigenvalue weighted by atomic mass is 10.1. The molecular formula is C17H13N3O2. The van der Waals surface area contributed by atoms with E-state index >= 15 is 0 Å². The lowest BCUT2D eigenvalue weighted by Gasteiger charge is -1.94. The standard InChI is InChI=1S/C10H7NO2.C7H6N2/c11-7-9-4-2-1-3-8(9)5-6-10(12)13;1-2-4-7-6(3-1)5-8-9-7/h1-6H,(H,12,13);1-5H,(H,8,9)/b6-5+;. The summed E-state index contributed by atoms with van der Waals surface area (Å²) in [5, 5.41) is 24.9. The number of aromatic nitrogens is 2. The summed E-state index contributed by atoms with van der Waals surface area (Å²) >= 11 is 0. The summed E-state index contributed by atoms with van der Waals surface area (Å²) in [6.07, 6.45) is 4.23. The summed E-state index contributed by atoms with van der Waals surface area (Å²) in [4.78, 5) is 10.2. The predicted molar refractivity (Wildman–Crippen MR) is 83.9 cm³/mol. The Morgan fingerprint density at radius 2 is 1.91 bits per heavy atom. The zero-order valence-corrected chi connectivity index (χ0v) is 11.6. The fourth-order valence-corrected chi connectivity index (χ4v) is 1.79. The third-order valence-corrected chi connectivity index (χ3v) is 2.84. The Kier molecular flexibility index (Phi) is 5.05. The number of carboxylic acid groups (broad SMARTS) is 1. The molecule has 0 atom stereocenters. The van der Waals surface area contributed by atoms with Gasteiger partial charge in [-0.3, -0.25) is 5.10 Å². The number of H-pyrrole nitrogens is 1. The zero-order chi connectivity index (χ0) is 15.8. The second kappa shape index (κ2) is 7.41. The lowest BCUT2D eigenvalue weighted by Crippen LogP contribution is -1.87. The van der Waals surface area contributed by atoms with E-state index in [1.165, 1.54) is 6.08 Å². The summed E-state index contributed by atoms with van der Waals surface area (Å²) in [6.45, 7) is 0. The van der Waals surface area contributed by atoms with Crippen LogP contribution in [0.2, 0.25) is 0 Å². The van der Waals surface area contributed by atoms with Crippen LogP contribution in [-0.4, -0.2) is 21.3 Å². The summed E-state index contributed by atoms with van der Waals surface area (Å²) in [7, 11) is 0. The van der Waals surface area contributed by atoms with Crippen LogP contribution in [0.3, 0.4) is 0 Å². The molecule has 0 unspecified atom stereocenters. The highest BCUT2D eigenvalue weighted by molar-refractivity contribution is 5.85. The van der Waals surface area contributed by atoms with Gasteiger partial charge in [-0.15, -0.1) is 0 Å². The number of aromatic amines is 1. The van der Waals surface area contributed by atoms with E-state index in [-0.39, 0.29) is 0 Å². The second-order valence-electron chi connectivity index (χ2n) is 4.33. The van der Waals surface area contributed by atoms with E-state index in [4.69, 9.17) is 10.4 Å². The van der Waals surface area contributed by atoms with Gasteiger partial charge >= 0.3 is 5.97 Å². The van der Waals surface area contributed by atoms with Crippen molar-refractivity contribution < 1.29 is 9.90 Å². The summed E-state index contributed by atoms with van der Waals surface area (Å²) in [5.74, 6) is -1.02. The van der Waals surface area contributed by atoms with E-state index in [0.717, 1.165) is 17.0 Å². The molecule has 5 heteroatoms. The Hall–Kier alpha value is -3.39. The van der Waals surface area contributed by atoms with Gasteiger partial charge in [0.05, 0.1) is 23.3 Å². The monoisotopic (exact) mass is 291 g/mol. The van der Waals surface area contributed by atoms with Crippen LogP contribution in [0.25, 0.3) is 17.0 Å². The van der Waals surface area contributed by atoms with Gasteiger partial charge in [-0.1, -0.05) is 36.4 Å². The van der Waals surface area contributed by atoms with Crippen LogP contribution >= 0.6 is 0 Å². The molecule has 3 rings (SSSR count). The van der Waals surface area contributed by atoms with Crippen molar-refractivity contribution in [2.45, 2.75) is 0 Å². The minimum atomic E-state index is -1.02. The molecule has 3 aromatic rings. The lowest BCUT2D eigenvalue weighted by molar-refractivity contribution is -0.131. The molecule has 0 aliphatic carbocycles. The number of benzene rings is 2. The average molecular weight is 291 g/mol. The van der Waals surface area contributed by atoms with Crippen molar-refractivity contribution >= 4 is 22.9 Å². The Balaban J connectivity index is 0.000000170. The van der Waals surface area contributed by atoms with E-state index in [0.29, 0.717) is 11.1 Å². The number of carbonyl (C=O) groups is 1. The Morgan fingerprint density at radius 1 is 1.18 bits per heavy atom. The summed E-state index contributed by atoms with van der Waals surface area (Å²) < 4.78 is 0. The molecule has 22 heavy (non-hydrogen) atoms. The van der Waals surface area contributed by atoms with Crippen LogP contribution in [0.1, 0.15) is 11.1 Å². The van der Waals surface area contributed by atoms with Crippen molar-refractivity contribution in [1.82, 2.24) is 10.2 Å². The Labute approximate surface area is 127 Å². The first-order valence-corrected chi connectivity index (χ1v) is 6.49. The third-order valence-electron chi connectivity index (χ3n) is 2.84. The number of hydrogen-bond donors (Lipinski definition) is 2. The first-order chi connectivity index (χ1) is 10.7. The van der Waals surface area contributed by atoms with Crippen LogP contribution in [-0.2, 0) is 4.79 Å². The van der Waals surface area contributed by atoms with Crippen LogP contribution in [0.15, 0.2) is 60.8 Å². The van der Waals surface area contributed by atoms with Crippen LogP contribution in [0, 0.1) is 11.3 Å². The van der Waals surface area contributed by atoms with E-state index in [1.54, 1.807) is 24.3 Å². The number of nitriles is 1. The maximum atomic E-state index is 10.2. The number of carboxylic acids is 1.